The summed E-state index contributed by atoms with van der Waals surface area (Å²) >= 11 is 0. The van der Waals surface area contributed by atoms with E-state index in [0.29, 0.717) is 11.2 Å². The number of aromatic nitrogens is 1. The van der Waals surface area contributed by atoms with Crippen LogP contribution in [-0.2, 0) is 21.2 Å². The molecule has 1 heterocycles. The summed E-state index contributed by atoms with van der Waals surface area (Å²) in [7, 11) is -4.23. The second kappa shape index (κ2) is 8.39. The van der Waals surface area contributed by atoms with Crippen LogP contribution in [0, 0.1) is 12.7 Å². The zero-order valence-electron chi connectivity index (χ0n) is 17.1. The third kappa shape index (κ3) is 4.17. The molecule has 0 aliphatic carbocycles. The number of nitrogens with zero attached hydrogens (tertiary/aromatic N) is 1. The summed E-state index contributed by atoms with van der Waals surface area (Å²) in [5.41, 5.74) is 1.39. The van der Waals surface area contributed by atoms with Crippen molar-refractivity contribution in [3.63, 3.8) is 0 Å². The van der Waals surface area contributed by atoms with E-state index in [9.17, 15) is 22.4 Å². The van der Waals surface area contributed by atoms with Crippen molar-refractivity contribution in [3.05, 3.63) is 101 Å². The molecule has 0 atom stereocenters. The van der Waals surface area contributed by atoms with Gasteiger partial charge in [0.25, 0.3) is 0 Å². The lowest BCUT2D eigenvalue weighted by Gasteiger charge is -2.14. The number of pyridine rings is 1. The van der Waals surface area contributed by atoms with Crippen molar-refractivity contribution in [1.29, 1.82) is 0 Å². The molecule has 0 aliphatic rings. The molecule has 0 radical (unpaired) electrons. The van der Waals surface area contributed by atoms with Crippen LogP contribution in [0.25, 0.3) is 10.9 Å². The maximum absolute atomic E-state index is 13.3. The Morgan fingerprint density at radius 3 is 2.31 bits per heavy atom. The number of para-hydroxylation sites is 1. The maximum Gasteiger partial charge on any atom is 0.244 e. The van der Waals surface area contributed by atoms with Gasteiger partial charge in [0.2, 0.25) is 21.2 Å². The Morgan fingerprint density at radius 2 is 1.62 bits per heavy atom. The van der Waals surface area contributed by atoms with Gasteiger partial charge in [-0.05, 0) is 55.5 Å². The minimum absolute atomic E-state index is 0.166. The Hall–Kier alpha value is -3.78. The highest BCUT2D eigenvalue weighted by molar-refractivity contribution is 7.91. The molecule has 162 valence electrons. The minimum atomic E-state index is -4.23. The molecule has 32 heavy (non-hydrogen) atoms. The number of halogens is 1. The Labute approximate surface area is 183 Å². The van der Waals surface area contributed by atoms with Gasteiger partial charge in [0.1, 0.15) is 17.3 Å². The van der Waals surface area contributed by atoms with Crippen molar-refractivity contribution >= 4 is 32.3 Å². The van der Waals surface area contributed by atoms with E-state index >= 15 is 0 Å². The number of fused-ring (bicyclic) bond motifs is 1. The first-order valence-electron chi connectivity index (χ1n) is 9.75. The van der Waals surface area contributed by atoms with Crippen LogP contribution in [-0.4, -0.2) is 18.9 Å². The second-order valence-electron chi connectivity index (χ2n) is 7.34. The van der Waals surface area contributed by atoms with Crippen molar-refractivity contribution in [2.75, 3.05) is 5.32 Å². The van der Waals surface area contributed by atoms with Crippen LogP contribution < -0.4 is 10.7 Å². The van der Waals surface area contributed by atoms with Gasteiger partial charge >= 0.3 is 0 Å². The Bertz CT molecular complexity index is 1480. The van der Waals surface area contributed by atoms with E-state index in [2.05, 4.69) is 5.32 Å². The average molecular weight is 450 g/mol. The van der Waals surface area contributed by atoms with Crippen LogP contribution in [0.2, 0.25) is 0 Å². The van der Waals surface area contributed by atoms with Crippen molar-refractivity contribution in [1.82, 2.24) is 4.57 Å². The lowest BCUT2D eigenvalue weighted by molar-refractivity contribution is -0.116. The van der Waals surface area contributed by atoms with Crippen molar-refractivity contribution < 1.29 is 17.6 Å². The zero-order chi connectivity index (χ0) is 22.9. The zero-order valence-corrected chi connectivity index (χ0v) is 17.9. The van der Waals surface area contributed by atoms with E-state index in [1.54, 1.807) is 30.3 Å². The molecule has 0 bridgehead atoms. The fourth-order valence-electron chi connectivity index (χ4n) is 3.37. The van der Waals surface area contributed by atoms with Gasteiger partial charge in [-0.25, -0.2) is 12.8 Å². The molecule has 0 spiro atoms. The Balaban J connectivity index is 1.78. The summed E-state index contributed by atoms with van der Waals surface area (Å²) in [6.45, 7) is 1.72. The van der Waals surface area contributed by atoms with E-state index in [1.807, 2.05) is 19.1 Å². The summed E-state index contributed by atoms with van der Waals surface area (Å²) in [4.78, 5) is 25.0. The molecule has 8 heteroatoms. The molecule has 0 saturated heterocycles. The summed E-state index contributed by atoms with van der Waals surface area (Å²) in [6, 6.07) is 18.0. The number of sulfone groups is 1. The maximum atomic E-state index is 13.3. The quantitative estimate of drug-likeness (QED) is 0.467. The van der Waals surface area contributed by atoms with Gasteiger partial charge in [0.05, 0.1) is 10.4 Å². The molecule has 0 saturated carbocycles. The van der Waals surface area contributed by atoms with Crippen LogP contribution in [0.15, 0.2) is 93.6 Å². The minimum Gasteiger partial charge on any atom is -0.336 e. The molecule has 1 N–H and O–H groups in total. The third-order valence-corrected chi connectivity index (χ3v) is 6.78. The molecule has 4 aromatic rings. The number of rotatable bonds is 5. The van der Waals surface area contributed by atoms with Gasteiger partial charge in [-0.15, -0.1) is 0 Å². The van der Waals surface area contributed by atoms with Crippen LogP contribution in [0.4, 0.5) is 10.1 Å². The van der Waals surface area contributed by atoms with Gasteiger partial charge in [-0.2, -0.15) is 0 Å². The highest BCUT2D eigenvalue weighted by Gasteiger charge is 2.24. The molecule has 6 nitrogen and oxygen atoms in total. The largest absolute Gasteiger partial charge is 0.336 e. The number of benzene rings is 3. The average Bonchev–Trinajstić information content (AvgIpc) is 2.77. The van der Waals surface area contributed by atoms with Crippen LogP contribution in [0.3, 0.4) is 0 Å². The van der Waals surface area contributed by atoms with Crippen LogP contribution in [0.5, 0.6) is 0 Å². The van der Waals surface area contributed by atoms with Crippen molar-refractivity contribution in [3.8, 4) is 0 Å². The smallest absolute Gasteiger partial charge is 0.244 e. The fourth-order valence-corrected chi connectivity index (χ4v) is 4.74. The monoisotopic (exact) mass is 450 g/mol. The molecular weight excluding hydrogens is 431 g/mol. The SMILES string of the molecule is Cc1ccc(NC(=O)Cn2cc(S(=O)(=O)c3ccc(F)cc3)c(=O)c3ccccc32)cc1. The van der Waals surface area contributed by atoms with Gasteiger partial charge in [0, 0.05) is 17.3 Å². The molecule has 0 aliphatic heterocycles. The third-order valence-electron chi connectivity index (χ3n) is 5.02. The highest BCUT2D eigenvalue weighted by atomic mass is 32.2. The van der Waals surface area contributed by atoms with E-state index in [-0.39, 0.29) is 22.7 Å². The number of aryl methyl sites for hydroxylation is 1. The standard InChI is InChI=1S/C24H19FN2O4S/c1-16-6-10-18(11-7-16)26-23(28)15-27-14-22(24(29)20-4-2-3-5-21(20)27)32(30,31)19-12-8-17(25)9-13-19/h2-14H,15H2,1H3,(H,26,28). The first kappa shape index (κ1) is 21.5. The van der Waals surface area contributed by atoms with Crippen molar-refractivity contribution in [2.45, 2.75) is 23.3 Å². The first-order chi connectivity index (χ1) is 15.3. The number of carbonyl (C=O) groups is 1. The second-order valence-corrected chi connectivity index (χ2v) is 9.26. The highest BCUT2D eigenvalue weighted by Crippen LogP contribution is 2.22. The van der Waals surface area contributed by atoms with Gasteiger partial charge in [-0.1, -0.05) is 29.8 Å². The van der Waals surface area contributed by atoms with E-state index in [1.165, 1.54) is 10.6 Å². The summed E-state index contributed by atoms with van der Waals surface area (Å²) in [5.74, 6) is -0.972. The molecule has 0 unspecified atom stereocenters. The molecule has 1 aromatic heterocycles. The van der Waals surface area contributed by atoms with E-state index in [4.69, 9.17) is 0 Å². The van der Waals surface area contributed by atoms with Crippen molar-refractivity contribution in [2.24, 2.45) is 0 Å². The number of hydrogen-bond donors (Lipinski definition) is 1. The number of amides is 1. The topological polar surface area (TPSA) is 85.2 Å². The van der Waals surface area contributed by atoms with E-state index in [0.717, 1.165) is 36.0 Å². The number of carbonyl (C=O) groups excluding carboxylic acids is 1. The number of nitrogens with one attached hydrogen (secondary N) is 1. The van der Waals surface area contributed by atoms with Gasteiger partial charge in [0.15, 0.2) is 0 Å². The fraction of sp³-hybridized carbons (Fsp3) is 0.0833. The lowest BCUT2D eigenvalue weighted by Crippen LogP contribution is -2.23. The van der Waals surface area contributed by atoms with E-state index < -0.39 is 26.0 Å². The normalized spacial score (nSPS) is 11.4. The predicted molar refractivity (Wildman–Crippen MR) is 120 cm³/mol. The number of anilines is 1. The van der Waals surface area contributed by atoms with Crippen LogP contribution >= 0.6 is 0 Å². The van der Waals surface area contributed by atoms with Gasteiger partial charge in [-0.3, -0.25) is 9.59 Å². The molecule has 4 rings (SSSR count). The molecule has 0 fully saturated rings. The lowest BCUT2D eigenvalue weighted by atomic mass is 10.2. The Kier molecular flexibility index (Phi) is 5.63. The summed E-state index contributed by atoms with van der Waals surface area (Å²) in [5, 5.41) is 2.93. The predicted octanol–water partition coefficient (Wildman–Crippen LogP) is 3.92. The Morgan fingerprint density at radius 1 is 0.969 bits per heavy atom. The molecule has 3 aromatic carbocycles. The summed E-state index contributed by atoms with van der Waals surface area (Å²) < 4.78 is 41.0. The summed E-state index contributed by atoms with van der Waals surface area (Å²) in [6.07, 6.45) is 1.16. The van der Waals surface area contributed by atoms with Gasteiger partial charge < -0.3 is 9.88 Å². The number of hydrogen-bond acceptors (Lipinski definition) is 4. The molecular formula is C24H19FN2O4S. The van der Waals surface area contributed by atoms with Crippen LogP contribution in [0.1, 0.15) is 5.56 Å². The molecule has 1 amide bonds. The first-order valence-corrected chi connectivity index (χ1v) is 11.2.